The number of aromatic nitrogens is 2. The summed E-state index contributed by atoms with van der Waals surface area (Å²) >= 11 is 1.50. The molecule has 0 radical (unpaired) electrons. The van der Waals surface area contributed by atoms with E-state index in [4.69, 9.17) is 0 Å². The first kappa shape index (κ1) is 11.8. The van der Waals surface area contributed by atoms with Crippen LogP contribution in [-0.4, -0.2) is 15.9 Å². The molecular formula is C12H21N3S. The molecule has 0 atom stereocenters. The number of nitrogens with one attached hydrogen (secondary N) is 1. The van der Waals surface area contributed by atoms with Gasteiger partial charge >= 0.3 is 0 Å². The first-order valence-electron chi connectivity index (χ1n) is 6.41. The van der Waals surface area contributed by atoms with Crippen molar-refractivity contribution in [1.82, 2.24) is 9.36 Å². The van der Waals surface area contributed by atoms with Crippen molar-refractivity contribution in [1.29, 1.82) is 0 Å². The highest BCUT2D eigenvalue weighted by Gasteiger charge is 2.24. The maximum Gasteiger partial charge on any atom is 0.202 e. The molecule has 1 aliphatic rings. The summed E-state index contributed by atoms with van der Waals surface area (Å²) in [5, 5.41) is 4.21. The summed E-state index contributed by atoms with van der Waals surface area (Å²) < 4.78 is 4.48. The Morgan fingerprint density at radius 2 is 2.00 bits per heavy atom. The molecule has 2 rings (SSSR count). The Morgan fingerprint density at radius 1 is 1.25 bits per heavy atom. The predicted octanol–water partition coefficient (Wildman–Crippen LogP) is 3.65. The Morgan fingerprint density at radius 3 is 2.62 bits per heavy atom. The monoisotopic (exact) mass is 239 g/mol. The second kappa shape index (κ2) is 5.62. The predicted molar refractivity (Wildman–Crippen MR) is 69.1 cm³/mol. The number of hydrogen-bond donors (Lipinski definition) is 1. The van der Waals surface area contributed by atoms with Gasteiger partial charge < -0.3 is 5.32 Å². The van der Waals surface area contributed by atoms with Crippen LogP contribution in [0.2, 0.25) is 0 Å². The minimum atomic E-state index is 0.617. The lowest BCUT2D eigenvalue weighted by molar-refractivity contribution is 0.313. The average Bonchev–Trinajstić information content (AvgIpc) is 2.78. The molecule has 0 aromatic carbocycles. The fraction of sp³-hybridized carbons (Fsp3) is 0.833. The number of hydrogen-bond acceptors (Lipinski definition) is 4. The Hall–Kier alpha value is -0.640. The van der Waals surface area contributed by atoms with Crippen LogP contribution in [0.4, 0.5) is 5.13 Å². The highest BCUT2D eigenvalue weighted by atomic mass is 32.1. The molecule has 1 aliphatic carbocycles. The Bertz CT molecular complexity index is 316. The van der Waals surface area contributed by atoms with Gasteiger partial charge in [-0.2, -0.15) is 4.37 Å². The lowest BCUT2D eigenvalue weighted by Gasteiger charge is -2.25. The second-order valence-electron chi connectivity index (χ2n) is 4.61. The van der Waals surface area contributed by atoms with Crippen LogP contribution in [0.25, 0.3) is 0 Å². The molecule has 1 aromatic rings. The molecule has 4 heteroatoms. The topological polar surface area (TPSA) is 37.8 Å². The molecular weight excluding hydrogens is 218 g/mol. The summed E-state index contributed by atoms with van der Waals surface area (Å²) in [6.45, 7) is 5.32. The van der Waals surface area contributed by atoms with Gasteiger partial charge in [0.15, 0.2) is 0 Å². The van der Waals surface area contributed by atoms with Crippen molar-refractivity contribution in [3.63, 3.8) is 0 Å². The molecule has 1 N–H and O–H groups in total. The van der Waals surface area contributed by atoms with Gasteiger partial charge in [0.25, 0.3) is 0 Å². The maximum absolute atomic E-state index is 4.57. The van der Waals surface area contributed by atoms with Crippen molar-refractivity contribution >= 4 is 16.7 Å². The van der Waals surface area contributed by atoms with Gasteiger partial charge in [-0.15, -0.1) is 0 Å². The van der Waals surface area contributed by atoms with E-state index in [2.05, 4.69) is 28.5 Å². The van der Waals surface area contributed by atoms with Crippen molar-refractivity contribution < 1.29 is 0 Å². The molecule has 0 saturated heterocycles. The van der Waals surface area contributed by atoms with E-state index in [1.807, 2.05) is 0 Å². The summed E-state index contributed by atoms with van der Waals surface area (Å²) in [7, 11) is 0. The Balaban J connectivity index is 1.92. The lowest BCUT2D eigenvalue weighted by Crippen LogP contribution is -2.13. The third-order valence-electron chi connectivity index (χ3n) is 3.56. The minimum Gasteiger partial charge on any atom is -0.361 e. The Labute approximate surface area is 102 Å². The molecule has 1 saturated carbocycles. The van der Waals surface area contributed by atoms with Gasteiger partial charge in [-0.05, 0) is 38.5 Å². The van der Waals surface area contributed by atoms with Gasteiger partial charge in [-0.25, -0.2) is 4.98 Å². The van der Waals surface area contributed by atoms with Crippen LogP contribution in [0.15, 0.2) is 0 Å². The zero-order valence-corrected chi connectivity index (χ0v) is 11.0. The first-order valence-corrected chi connectivity index (χ1v) is 7.18. The second-order valence-corrected chi connectivity index (χ2v) is 5.37. The molecule has 0 aliphatic heterocycles. The van der Waals surface area contributed by atoms with Crippen LogP contribution in [0.3, 0.4) is 0 Å². The zero-order valence-electron chi connectivity index (χ0n) is 10.2. The molecule has 0 amide bonds. The van der Waals surface area contributed by atoms with E-state index in [1.54, 1.807) is 0 Å². The highest BCUT2D eigenvalue weighted by Crippen LogP contribution is 2.36. The molecule has 0 unspecified atom stereocenters. The van der Waals surface area contributed by atoms with Crippen molar-refractivity contribution in [2.75, 3.05) is 11.9 Å². The summed E-state index contributed by atoms with van der Waals surface area (Å²) in [5.41, 5.74) is 0. The van der Waals surface area contributed by atoms with Crippen LogP contribution in [0, 0.1) is 5.92 Å². The SMILES string of the molecule is CCNc1nc(C2CCC(CC)CC2)ns1. The molecule has 0 spiro atoms. The van der Waals surface area contributed by atoms with Crippen molar-refractivity contribution in [3.05, 3.63) is 5.82 Å². The quantitative estimate of drug-likeness (QED) is 0.871. The van der Waals surface area contributed by atoms with Crippen molar-refractivity contribution in [2.24, 2.45) is 5.92 Å². The van der Waals surface area contributed by atoms with Crippen LogP contribution in [-0.2, 0) is 0 Å². The highest BCUT2D eigenvalue weighted by molar-refractivity contribution is 7.09. The smallest absolute Gasteiger partial charge is 0.202 e. The summed E-state index contributed by atoms with van der Waals surface area (Å²) in [4.78, 5) is 4.57. The van der Waals surface area contributed by atoms with Gasteiger partial charge in [-0.1, -0.05) is 13.3 Å². The van der Waals surface area contributed by atoms with Crippen molar-refractivity contribution in [2.45, 2.75) is 51.9 Å². The van der Waals surface area contributed by atoms with Gasteiger partial charge in [0.05, 0.1) is 0 Å². The standard InChI is InChI=1S/C12H21N3S/c1-3-9-5-7-10(8-6-9)11-14-12(13-4-2)16-15-11/h9-10H,3-8H2,1-2H3,(H,13,14,15). The van der Waals surface area contributed by atoms with E-state index < -0.39 is 0 Å². The number of rotatable bonds is 4. The first-order chi connectivity index (χ1) is 7.83. The normalized spacial score (nSPS) is 25.6. The van der Waals surface area contributed by atoms with Gasteiger partial charge in [0, 0.05) is 24.0 Å². The van der Waals surface area contributed by atoms with E-state index in [0.717, 1.165) is 23.4 Å². The van der Waals surface area contributed by atoms with E-state index in [-0.39, 0.29) is 0 Å². The maximum atomic E-state index is 4.57. The number of nitrogens with zero attached hydrogens (tertiary/aromatic N) is 2. The fourth-order valence-electron chi connectivity index (χ4n) is 2.45. The molecule has 1 aromatic heterocycles. The molecule has 0 bridgehead atoms. The number of anilines is 1. The van der Waals surface area contributed by atoms with Gasteiger partial charge in [0.2, 0.25) is 5.13 Å². The van der Waals surface area contributed by atoms with Gasteiger partial charge in [0.1, 0.15) is 5.82 Å². The third-order valence-corrected chi connectivity index (χ3v) is 4.25. The van der Waals surface area contributed by atoms with E-state index in [1.165, 1.54) is 43.6 Å². The fourth-order valence-corrected chi connectivity index (χ4v) is 3.17. The van der Waals surface area contributed by atoms with E-state index >= 15 is 0 Å². The van der Waals surface area contributed by atoms with Crippen LogP contribution >= 0.6 is 11.5 Å². The average molecular weight is 239 g/mol. The summed E-state index contributed by atoms with van der Waals surface area (Å²) in [6, 6.07) is 0. The van der Waals surface area contributed by atoms with E-state index in [9.17, 15) is 0 Å². The molecule has 1 fully saturated rings. The van der Waals surface area contributed by atoms with Crippen LogP contribution < -0.4 is 5.32 Å². The molecule has 1 heterocycles. The third kappa shape index (κ3) is 2.73. The van der Waals surface area contributed by atoms with Gasteiger partial charge in [-0.3, -0.25) is 0 Å². The zero-order chi connectivity index (χ0) is 11.4. The van der Waals surface area contributed by atoms with Crippen LogP contribution in [0.1, 0.15) is 57.7 Å². The van der Waals surface area contributed by atoms with Crippen molar-refractivity contribution in [3.8, 4) is 0 Å². The minimum absolute atomic E-state index is 0.617. The molecule has 16 heavy (non-hydrogen) atoms. The van der Waals surface area contributed by atoms with Crippen LogP contribution in [0.5, 0.6) is 0 Å². The summed E-state index contributed by atoms with van der Waals surface area (Å²) in [5.74, 6) is 2.64. The lowest BCUT2D eigenvalue weighted by atomic mass is 9.80. The molecule has 90 valence electrons. The van der Waals surface area contributed by atoms with E-state index in [0.29, 0.717) is 5.92 Å². The summed E-state index contributed by atoms with van der Waals surface area (Å²) in [6.07, 6.45) is 6.61. The Kier molecular flexibility index (Phi) is 4.16. The molecule has 3 nitrogen and oxygen atoms in total. The largest absolute Gasteiger partial charge is 0.361 e.